The summed E-state index contributed by atoms with van der Waals surface area (Å²) in [5, 5.41) is 13.3. The number of ether oxygens (including phenoxy) is 3. The molecule has 10 heteroatoms. The van der Waals surface area contributed by atoms with Gasteiger partial charge in [0, 0.05) is 17.1 Å². The molecule has 0 spiro atoms. The zero-order valence-electron chi connectivity index (χ0n) is 20.0. The fraction of sp³-hybridized carbons (Fsp3) is 0.222. The quantitative estimate of drug-likeness (QED) is 0.229. The Hall–Kier alpha value is -3.13. The third-order valence-corrected chi connectivity index (χ3v) is 9.00. The lowest BCUT2D eigenvalue weighted by molar-refractivity contribution is -0.123. The number of rotatable bonds is 10. The Balaban J connectivity index is 1.30. The van der Waals surface area contributed by atoms with E-state index < -0.39 is 0 Å². The predicted molar refractivity (Wildman–Crippen MR) is 152 cm³/mol. The molecule has 4 rings (SSSR count). The molecule has 0 saturated carbocycles. The first-order valence-corrected chi connectivity index (χ1v) is 14.2. The highest BCUT2D eigenvalue weighted by atomic mass is 79.9. The van der Waals surface area contributed by atoms with Crippen molar-refractivity contribution in [3.8, 4) is 23.3 Å². The molecule has 0 aliphatic carbocycles. The van der Waals surface area contributed by atoms with Crippen molar-refractivity contribution in [2.75, 3.05) is 25.2 Å². The first kappa shape index (κ1) is 26.9. The fourth-order valence-corrected chi connectivity index (χ4v) is 6.93. The van der Waals surface area contributed by atoms with Crippen LogP contribution in [0.5, 0.6) is 17.2 Å². The van der Waals surface area contributed by atoms with Crippen LogP contribution >= 0.6 is 39.5 Å². The second-order valence-electron chi connectivity index (χ2n) is 7.82. The van der Waals surface area contributed by atoms with Crippen molar-refractivity contribution >= 4 is 51.6 Å². The van der Waals surface area contributed by atoms with Crippen molar-refractivity contribution in [3.63, 3.8) is 0 Å². The van der Waals surface area contributed by atoms with Crippen molar-refractivity contribution < 1.29 is 19.0 Å². The van der Waals surface area contributed by atoms with E-state index in [0.717, 1.165) is 5.56 Å². The van der Waals surface area contributed by atoms with Gasteiger partial charge in [0.25, 0.3) is 5.91 Å². The van der Waals surface area contributed by atoms with Gasteiger partial charge in [-0.3, -0.25) is 4.79 Å². The van der Waals surface area contributed by atoms with Crippen molar-refractivity contribution in [1.82, 2.24) is 5.43 Å². The van der Waals surface area contributed by atoms with Gasteiger partial charge in [0.1, 0.15) is 12.4 Å². The molecule has 1 saturated heterocycles. The Labute approximate surface area is 232 Å². The Kier molecular flexibility index (Phi) is 9.77. The first-order valence-electron chi connectivity index (χ1n) is 11.3. The number of carbonyl (C=O) groups excluding carboxylic acids is 1. The highest BCUT2D eigenvalue weighted by Crippen LogP contribution is 2.45. The van der Waals surface area contributed by atoms with E-state index in [2.05, 4.69) is 32.5 Å². The highest BCUT2D eigenvalue weighted by molar-refractivity contribution is 9.10. The predicted octanol–water partition coefficient (Wildman–Crippen LogP) is 5.92. The molecule has 1 fully saturated rings. The van der Waals surface area contributed by atoms with Gasteiger partial charge in [-0.15, -0.1) is 23.5 Å². The number of methoxy groups -OCH3 is 1. The Morgan fingerprint density at radius 2 is 1.92 bits per heavy atom. The van der Waals surface area contributed by atoms with Crippen LogP contribution in [0.25, 0.3) is 0 Å². The molecule has 1 amide bonds. The minimum absolute atomic E-state index is 0.145. The molecule has 3 aromatic rings. The zero-order chi connectivity index (χ0) is 26.0. The summed E-state index contributed by atoms with van der Waals surface area (Å²) in [7, 11) is 1.54. The smallest absolute Gasteiger partial charge is 0.277 e. The van der Waals surface area contributed by atoms with Gasteiger partial charge in [0.2, 0.25) is 0 Å². The Bertz CT molecular complexity index is 1310. The van der Waals surface area contributed by atoms with Crippen LogP contribution in [0.15, 0.2) is 70.2 Å². The number of hydrogen-bond donors (Lipinski definition) is 1. The average Bonchev–Trinajstić information content (AvgIpc) is 3.46. The molecule has 0 bridgehead atoms. The molecule has 0 atom stereocenters. The normalized spacial score (nSPS) is 13.3. The molecular formula is C27H24BrN3O4S2. The van der Waals surface area contributed by atoms with E-state index in [-0.39, 0.29) is 19.1 Å². The molecule has 190 valence electrons. The van der Waals surface area contributed by atoms with Gasteiger partial charge in [0.05, 0.1) is 34.0 Å². The molecule has 0 unspecified atom stereocenters. The standard InChI is InChI=1S/C27H24BrN3O4S2/c1-33-24-13-18(12-23(28)26(24)35-16-21-5-3-2-4-20(21)14-29)15-30-31-25(32)17-34-22-8-6-19(7-9-22)27-36-10-11-37-27/h2-9,12-13,15,27H,10-11,16-17H2,1H3,(H,31,32)/b30-15-. The van der Waals surface area contributed by atoms with Crippen LogP contribution in [-0.2, 0) is 11.4 Å². The van der Waals surface area contributed by atoms with Crippen LogP contribution < -0.4 is 19.6 Å². The molecule has 7 nitrogen and oxygen atoms in total. The minimum Gasteiger partial charge on any atom is -0.493 e. The third kappa shape index (κ3) is 7.44. The van der Waals surface area contributed by atoms with Crippen LogP contribution in [-0.4, -0.2) is 37.3 Å². The lowest BCUT2D eigenvalue weighted by Gasteiger charge is -2.14. The van der Waals surface area contributed by atoms with Crippen molar-refractivity contribution in [2.24, 2.45) is 5.10 Å². The topological polar surface area (TPSA) is 92.9 Å². The molecule has 0 radical (unpaired) electrons. The number of benzene rings is 3. The summed E-state index contributed by atoms with van der Waals surface area (Å²) in [6, 6.07) is 20.8. The van der Waals surface area contributed by atoms with E-state index >= 15 is 0 Å². The summed E-state index contributed by atoms with van der Waals surface area (Å²) >= 11 is 7.40. The molecule has 1 N–H and O–H groups in total. The van der Waals surface area contributed by atoms with Gasteiger partial charge in [-0.05, 0) is 57.4 Å². The third-order valence-electron chi connectivity index (χ3n) is 5.31. The Morgan fingerprint density at radius 1 is 1.16 bits per heavy atom. The number of hydrogen-bond acceptors (Lipinski definition) is 8. The van der Waals surface area contributed by atoms with Crippen LogP contribution in [0.2, 0.25) is 0 Å². The average molecular weight is 599 g/mol. The summed E-state index contributed by atoms with van der Waals surface area (Å²) in [5.74, 6) is 3.60. The van der Waals surface area contributed by atoms with Gasteiger partial charge in [-0.25, -0.2) is 5.43 Å². The van der Waals surface area contributed by atoms with E-state index in [1.165, 1.54) is 30.4 Å². The van der Waals surface area contributed by atoms with Crippen LogP contribution in [0.4, 0.5) is 0 Å². The number of amides is 1. The monoisotopic (exact) mass is 597 g/mol. The minimum atomic E-state index is -0.371. The maximum atomic E-state index is 12.2. The zero-order valence-corrected chi connectivity index (χ0v) is 23.2. The summed E-state index contributed by atoms with van der Waals surface area (Å²) < 4.78 is 18.1. The number of thioether (sulfide) groups is 2. The molecule has 1 heterocycles. The lowest BCUT2D eigenvalue weighted by atomic mass is 10.1. The fourth-order valence-electron chi connectivity index (χ4n) is 3.49. The van der Waals surface area contributed by atoms with Gasteiger partial charge >= 0.3 is 0 Å². The van der Waals surface area contributed by atoms with Crippen LogP contribution in [0.3, 0.4) is 0 Å². The maximum absolute atomic E-state index is 12.2. The molecule has 1 aliphatic rings. The molecular weight excluding hydrogens is 574 g/mol. The first-order chi connectivity index (χ1) is 18.1. The number of hydrazone groups is 1. The van der Waals surface area contributed by atoms with E-state index in [1.807, 2.05) is 66.0 Å². The van der Waals surface area contributed by atoms with Gasteiger partial charge in [-0.2, -0.15) is 10.4 Å². The van der Waals surface area contributed by atoms with Crippen molar-refractivity contribution in [1.29, 1.82) is 5.26 Å². The van der Waals surface area contributed by atoms with Crippen LogP contribution in [0, 0.1) is 11.3 Å². The number of carbonyl (C=O) groups is 1. The molecule has 37 heavy (non-hydrogen) atoms. The second kappa shape index (κ2) is 13.4. The summed E-state index contributed by atoms with van der Waals surface area (Å²) in [5.41, 5.74) is 5.75. The van der Waals surface area contributed by atoms with Gasteiger partial charge < -0.3 is 14.2 Å². The molecule has 0 aromatic heterocycles. The molecule has 1 aliphatic heterocycles. The summed E-state index contributed by atoms with van der Waals surface area (Å²) in [6.07, 6.45) is 1.51. The number of nitriles is 1. The maximum Gasteiger partial charge on any atom is 0.277 e. The largest absolute Gasteiger partial charge is 0.493 e. The number of nitrogens with zero attached hydrogens (tertiary/aromatic N) is 2. The van der Waals surface area contributed by atoms with Crippen molar-refractivity contribution in [2.45, 2.75) is 11.2 Å². The van der Waals surface area contributed by atoms with E-state index in [4.69, 9.17) is 14.2 Å². The van der Waals surface area contributed by atoms with E-state index in [9.17, 15) is 10.1 Å². The van der Waals surface area contributed by atoms with Crippen molar-refractivity contribution in [3.05, 3.63) is 87.4 Å². The SMILES string of the molecule is COc1cc(/C=N\NC(=O)COc2ccc(C3SCCS3)cc2)cc(Br)c1OCc1ccccc1C#N. The van der Waals surface area contributed by atoms with E-state index in [1.54, 1.807) is 18.2 Å². The van der Waals surface area contributed by atoms with E-state index in [0.29, 0.717) is 37.4 Å². The van der Waals surface area contributed by atoms with Crippen LogP contribution in [0.1, 0.15) is 26.8 Å². The van der Waals surface area contributed by atoms with Gasteiger partial charge in [0.15, 0.2) is 18.1 Å². The second-order valence-corrected chi connectivity index (χ2v) is 11.4. The highest BCUT2D eigenvalue weighted by Gasteiger charge is 2.18. The molecule has 3 aromatic carbocycles. The number of halogens is 1. The number of nitrogens with one attached hydrogen (secondary N) is 1. The summed E-state index contributed by atoms with van der Waals surface area (Å²) in [6.45, 7) is 0.0665. The lowest BCUT2D eigenvalue weighted by Crippen LogP contribution is -2.24. The van der Waals surface area contributed by atoms with Gasteiger partial charge in [-0.1, -0.05) is 30.3 Å². The Morgan fingerprint density at radius 3 is 2.65 bits per heavy atom. The summed E-state index contributed by atoms with van der Waals surface area (Å²) in [4.78, 5) is 12.2.